The maximum absolute atomic E-state index is 12.9. The molecule has 0 radical (unpaired) electrons. The molecule has 0 bridgehead atoms. The van der Waals surface area contributed by atoms with Crippen molar-refractivity contribution < 1.29 is 9.59 Å². The first-order valence-corrected chi connectivity index (χ1v) is 11.0. The third-order valence-corrected chi connectivity index (χ3v) is 6.54. The second-order valence-corrected chi connectivity index (χ2v) is 9.29. The molecule has 4 rings (SSSR count). The average molecular weight is 418 g/mol. The standard InChI is InChI=1S/C26H31N3O2/c1-6-29-23-12-17(2)20(13-21(23)18(3)15-26(29,4)5)14-22-24(30)28(25(31)27-22)16-19-10-8-7-9-11-19/h7-14,18H,6,15-16H2,1-5H3,(H,27,31)/b22-14+. The van der Waals surface area contributed by atoms with Crippen molar-refractivity contribution in [3.8, 4) is 0 Å². The van der Waals surface area contributed by atoms with Crippen LogP contribution in [0.2, 0.25) is 0 Å². The molecule has 5 nitrogen and oxygen atoms in total. The van der Waals surface area contributed by atoms with E-state index in [-0.39, 0.29) is 24.0 Å². The Hall–Kier alpha value is -3.08. The fourth-order valence-electron chi connectivity index (χ4n) is 5.04. The summed E-state index contributed by atoms with van der Waals surface area (Å²) >= 11 is 0. The number of carbonyl (C=O) groups is 2. The van der Waals surface area contributed by atoms with E-state index in [1.54, 1.807) is 0 Å². The molecule has 2 aliphatic rings. The first-order valence-electron chi connectivity index (χ1n) is 11.0. The molecule has 1 saturated heterocycles. The average Bonchev–Trinajstić information content (AvgIpc) is 2.97. The molecule has 1 fully saturated rings. The zero-order chi connectivity index (χ0) is 22.3. The molecule has 2 heterocycles. The molecule has 2 aromatic rings. The van der Waals surface area contributed by atoms with Crippen molar-refractivity contribution >= 4 is 23.7 Å². The van der Waals surface area contributed by atoms with Crippen LogP contribution in [0.1, 0.15) is 62.3 Å². The van der Waals surface area contributed by atoms with Crippen LogP contribution in [-0.4, -0.2) is 28.9 Å². The van der Waals surface area contributed by atoms with Crippen molar-refractivity contribution in [2.24, 2.45) is 0 Å². The molecule has 5 heteroatoms. The van der Waals surface area contributed by atoms with Gasteiger partial charge in [-0.15, -0.1) is 0 Å². The van der Waals surface area contributed by atoms with Gasteiger partial charge in [-0.25, -0.2) is 4.79 Å². The quantitative estimate of drug-likeness (QED) is 0.549. The number of rotatable bonds is 4. The predicted molar refractivity (Wildman–Crippen MR) is 125 cm³/mol. The summed E-state index contributed by atoms with van der Waals surface area (Å²) in [6, 6.07) is 13.6. The van der Waals surface area contributed by atoms with Crippen LogP contribution in [0.15, 0.2) is 48.2 Å². The van der Waals surface area contributed by atoms with E-state index in [1.165, 1.54) is 16.2 Å². The van der Waals surface area contributed by atoms with Gasteiger partial charge in [0.1, 0.15) is 5.70 Å². The number of carbonyl (C=O) groups excluding carboxylic acids is 2. The van der Waals surface area contributed by atoms with Gasteiger partial charge in [-0.1, -0.05) is 37.3 Å². The molecule has 0 saturated carbocycles. The molecule has 1 unspecified atom stereocenters. The maximum atomic E-state index is 12.9. The fraction of sp³-hybridized carbons (Fsp3) is 0.385. The third kappa shape index (κ3) is 3.85. The lowest BCUT2D eigenvalue weighted by Crippen LogP contribution is -2.48. The van der Waals surface area contributed by atoms with E-state index in [9.17, 15) is 9.59 Å². The van der Waals surface area contributed by atoms with Gasteiger partial charge in [-0.3, -0.25) is 9.69 Å². The Labute approximate surface area is 184 Å². The lowest BCUT2D eigenvalue weighted by molar-refractivity contribution is -0.123. The minimum absolute atomic E-state index is 0.112. The van der Waals surface area contributed by atoms with Gasteiger partial charge in [0, 0.05) is 17.8 Å². The molecule has 2 aliphatic heterocycles. The van der Waals surface area contributed by atoms with Crippen LogP contribution < -0.4 is 10.2 Å². The highest BCUT2D eigenvalue weighted by Gasteiger charge is 2.36. The number of benzene rings is 2. The highest BCUT2D eigenvalue weighted by molar-refractivity contribution is 6.14. The Morgan fingerprint density at radius 1 is 1.16 bits per heavy atom. The van der Waals surface area contributed by atoms with Crippen LogP contribution in [0.5, 0.6) is 0 Å². The number of imide groups is 1. The van der Waals surface area contributed by atoms with E-state index >= 15 is 0 Å². The van der Waals surface area contributed by atoms with Crippen molar-refractivity contribution in [2.75, 3.05) is 11.4 Å². The minimum atomic E-state index is -0.372. The van der Waals surface area contributed by atoms with Gasteiger partial charge in [0.2, 0.25) is 0 Å². The van der Waals surface area contributed by atoms with Crippen LogP contribution in [-0.2, 0) is 11.3 Å². The molecule has 2 aromatic carbocycles. The number of fused-ring (bicyclic) bond motifs is 1. The number of hydrogen-bond acceptors (Lipinski definition) is 3. The molecule has 3 amide bonds. The Morgan fingerprint density at radius 3 is 2.55 bits per heavy atom. The number of urea groups is 1. The second-order valence-electron chi connectivity index (χ2n) is 9.29. The highest BCUT2D eigenvalue weighted by atomic mass is 16.2. The lowest BCUT2D eigenvalue weighted by Gasteiger charge is -2.47. The van der Waals surface area contributed by atoms with Crippen LogP contribution >= 0.6 is 0 Å². The largest absolute Gasteiger partial charge is 0.366 e. The van der Waals surface area contributed by atoms with E-state index < -0.39 is 0 Å². The van der Waals surface area contributed by atoms with Gasteiger partial charge in [0.15, 0.2) is 0 Å². The summed E-state index contributed by atoms with van der Waals surface area (Å²) in [6.07, 6.45) is 2.90. The molecule has 1 N–H and O–H groups in total. The van der Waals surface area contributed by atoms with Gasteiger partial charge < -0.3 is 10.2 Å². The Bertz CT molecular complexity index is 1060. The topological polar surface area (TPSA) is 52.7 Å². The minimum Gasteiger partial charge on any atom is -0.366 e. The zero-order valence-corrected chi connectivity index (χ0v) is 19.0. The summed E-state index contributed by atoms with van der Waals surface area (Å²) in [6.45, 7) is 12.4. The summed E-state index contributed by atoms with van der Waals surface area (Å²) in [5.41, 5.74) is 6.02. The van der Waals surface area contributed by atoms with Crippen molar-refractivity contribution in [1.82, 2.24) is 10.2 Å². The van der Waals surface area contributed by atoms with Gasteiger partial charge >= 0.3 is 6.03 Å². The van der Waals surface area contributed by atoms with Crippen LogP contribution in [0, 0.1) is 6.92 Å². The van der Waals surface area contributed by atoms with E-state index in [0.717, 1.165) is 29.7 Å². The number of amides is 3. The smallest absolute Gasteiger partial charge is 0.329 e. The van der Waals surface area contributed by atoms with Crippen LogP contribution in [0.25, 0.3) is 6.08 Å². The van der Waals surface area contributed by atoms with Crippen LogP contribution in [0.3, 0.4) is 0 Å². The van der Waals surface area contributed by atoms with E-state index in [2.05, 4.69) is 57.0 Å². The number of nitrogens with one attached hydrogen (secondary N) is 1. The van der Waals surface area contributed by atoms with Crippen molar-refractivity contribution in [2.45, 2.75) is 59.0 Å². The summed E-state index contributed by atoms with van der Waals surface area (Å²) in [5, 5.41) is 2.76. The van der Waals surface area contributed by atoms with Crippen molar-refractivity contribution in [3.05, 3.63) is 70.4 Å². The summed E-state index contributed by atoms with van der Waals surface area (Å²) in [4.78, 5) is 29.1. The van der Waals surface area contributed by atoms with E-state index in [1.807, 2.05) is 36.4 Å². The van der Waals surface area contributed by atoms with E-state index in [4.69, 9.17) is 0 Å². The summed E-state index contributed by atoms with van der Waals surface area (Å²) in [5.74, 6) is 0.143. The molecule has 0 aliphatic carbocycles. The SMILES string of the molecule is CCN1c2cc(C)c(/C=C3/NC(=O)N(Cc4ccccc4)C3=O)cc2C(C)CC1(C)C. The monoisotopic (exact) mass is 417 g/mol. The first kappa shape index (κ1) is 21.2. The number of hydrogen-bond donors (Lipinski definition) is 1. The van der Waals surface area contributed by atoms with Gasteiger partial charge in [-0.2, -0.15) is 0 Å². The molecule has 1 atom stereocenters. The van der Waals surface area contributed by atoms with Gasteiger partial charge in [0.05, 0.1) is 6.54 Å². The number of aryl methyl sites for hydroxylation is 1. The van der Waals surface area contributed by atoms with Gasteiger partial charge in [0.25, 0.3) is 5.91 Å². The Balaban J connectivity index is 1.66. The third-order valence-electron chi connectivity index (χ3n) is 6.54. The van der Waals surface area contributed by atoms with Crippen LogP contribution in [0.4, 0.5) is 10.5 Å². The molecule has 0 spiro atoms. The first-order chi connectivity index (χ1) is 14.7. The normalized spacial score (nSPS) is 21.5. The molecule has 162 valence electrons. The summed E-state index contributed by atoms with van der Waals surface area (Å²) < 4.78 is 0. The van der Waals surface area contributed by atoms with Crippen molar-refractivity contribution in [3.63, 3.8) is 0 Å². The Morgan fingerprint density at radius 2 is 1.87 bits per heavy atom. The maximum Gasteiger partial charge on any atom is 0.329 e. The fourth-order valence-corrected chi connectivity index (χ4v) is 5.04. The number of anilines is 1. The highest BCUT2D eigenvalue weighted by Crippen LogP contribution is 2.44. The van der Waals surface area contributed by atoms with Crippen molar-refractivity contribution in [1.29, 1.82) is 0 Å². The molecular weight excluding hydrogens is 386 g/mol. The predicted octanol–water partition coefficient (Wildman–Crippen LogP) is 5.20. The summed E-state index contributed by atoms with van der Waals surface area (Å²) in [7, 11) is 0. The van der Waals surface area contributed by atoms with E-state index in [0.29, 0.717) is 11.6 Å². The lowest BCUT2D eigenvalue weighted by atomic mass is 9.79. The number of nitrogens with zero attached hydrogens (tertiary/aromatic N) is 2. The zero-order valence-electron chi connectivity index (χ0n) is 19.0. The molecule has 0 aromatic heterocycles. The Kier molecular flexibility index (Phi) is 5.38. The second kappa shape index (κ2) is 7.88. The molecule has 31 heavy (non-hydrogen) atoms. The molecular formula is C26H31N3O2. The van der Waals surface area contributed by atoms with Gasteiger partial charge in [-0.05, 0) is 80.5 Å².